The SMILES string of the molecule is CC1(C)c2ccccc2-c2ccc3oc4ccc(-c5cccc(-c6nc(-c7ccccc7)nc(-c7ccccc7)n6)c5)cc4c3c21. The maximum atomic E-state index is 6.44. The van der Waals surface area contributed by atoms with Crippen LogP contribution < -0.4 is 0 Å². The molecule has 1 aliphatic rings. The molecule has 46 heavy (non-hydrogen) atoms. The summed E-state index contributed by atoms with van der Waals surface area (Å²) in [5.74, 6) is 1.94. The summed E-state index contributed by atoms with van der Waals surface area (Å²) in [6.45, 7) is 4.65. The number of nitrogens with zero attached hydrogens (tertiary/aromatic N) is 3. The lowest BCUT2D eigenvalue weighted by Crippen LogP contribution is -2.15. The molecule has 0 bridgehead atoms. The Morgan fingerprint density at radius 2 is 1.02 bits per heavy atom. The summed E-state index contributed by atoms with van der Waals surface area (Å²) in [4.78, 5) is 14.8. The zero-order valence-corrected chi connectivity index (χ0v) is 25.5. The van der Waals surface area contributed by atoms with E-state index in [0.29, 0.717) is 17.5 Å². The first kappa shape index (κ1) is 26.5. The monoisotopic (exact) mass is 591 g/mol. The van der Waals surface area contributed by atoms with E-state index < -0.39 is 0 Å². The second-order valence-corrected chi connectivity index (χ2v) is 12.5. The van der Waals surface area contributed by atoms with Crippen LogP contribution in [0.2, 0.25) is 0 Å². The number of rotatable bonds is 4. The van der Waals surface area contributed by atoms with Crippen LogP contribution in [-0.4, -0.2) is 15.0 Å². The minimum Gasteiger partial charge on any atom is -0.456 e. The number of benzene rings is 6. The van der Waals surface area contributed by atoms with Crippen molar-refractivity contribution < 1.29 is 4.42 Å². The molecule has 0 unspecified atom stereocenters. The van der Waals surface area contributed by atoms with Gasteiger partial charge >= 0.3 is 0 Å². The third-order valence-electron chi connectivity index (χ3n) is 9.30. The van der Waals surface area contributed by atoms with Gasteiger partial charge in [-0.15, -0.1) is 0 Å². The number of aromatic nitrogens is 3. The zero-order chi connectivity index (χ0) is 30.8. The predicted molar refractivity (Wildman–Crippen MR) is 186 cm³/mol. The summed E-state index contributed by atoms with van der Waals surface area (Å²) in [5.41, 5.74) is 12.0. The molecule has 4 nitrogen and oxygen atoms in total. The van der Waals surface area contributed by atoms with E-state index in [1.165, 1.54) is 27.6 Å². The smallest absolute Gasteiger partial charge is 0.164 e. The summed E-state index contributed by atoms with van der Waals surface area (Å²) in [7, 11) is 0. The van der Waals surface area contributed by atoms with Crippen molar-refractivity contribution in [3.05, 3.63) is 151 Å². The van der Waals surface area contributed by atoms with Crippen LogP contribution in [0.15, 0.2) is 144 Å². The van der Waals surface area contributed by atoms with Crippen molar-refractivity contribution in [2.24, 2.45) is 0 Å². The van der Waals surface area contributed by atoms with Gasteiger partial charge in [-0.25, -0.2) is 15.0 Å². The maximum Gasteiger partial charge on any atom is 0.164 e. The molecule has 0 atom stereocenters. The minimum absolute atomic E-state index is 0.135. The molecule has 218 valence electrons. The van der Waals surface area contributed by atoms with Crippen molar-refractivity contribution in [1.82, 2.24) is 15.0 Å². The molecular weight excluding hydrogens is 562 g/mol. The molecule has 0 radical (unpaired) electrons. The average molecular weight is 592 g/mol. The van der Waals surface area contributed by atoms with Crippen molar-refractivity contribution in [3.8, 4) is 56.4 Å². The molecule has 0 N–H and O–H groups in total. The molecule has 0 saturated carbocycles. The van der Waals surface area contributed by atoms with Gasteiger partial charge in [0.2, 0.25) is 0 Å². The highest BCUT2D eigenvalue weighted by atomic mass is 16.3. The fourth-order valence-corrected chi connectivity index (χ4v) is 7.10. The fraction of sp³-hybridized carbons (Fsp3) is 0.0714. The molecule has 4 heteroatoms. The molecule has 6 aromatic carbocycles. The van der Waals surface area contributed by atoms with E-state index >= 15 is 0 Å². The Kier molecular flexibility index (Phi) is 5.81. The molecule has 1 aliphatic carbocycles. The normalized spacial score (nSPS) is 13.2. The van der Waals surface area contributed by atoms with Crippen molar-refractivity contribution in [2.75, 3.05) is 0 Å². The van der Waals surface area contributed by atoms with E-state index in [4.69, 9.17) is 19.4 Å². The molecule has 2 aromatic heterocycles. The molecule has 0 spiro atoms. The lowest BCUT2D eigenvalue weighted by Gasteiger charge is -2.22. The van der Waals surface area contributed by atoms with Gasteiger partial charge in [-0.2, -0.15) is 0 Å². The van der Waals surface area contributed by atoms with Crippen LogP contribution in [0, 0.1) is 0 Å². The Morgan fingerprint density at radius 3 is 1.74 bits per heavy atom. The van der Waals surface area contributed by atoms with Gasteiger partial charge in [0.05, 0.1) is 0 Å². The highest BCUT2D eigenvalue weighted by Crippen LogP contribution is 2.53. The van der Waals surface area contributed by atoms with E-state index in [0.717, 1.165) is 44.4 Å². The molecule has 2 heterocycles. The second-order valence-electron chi connectivity index (χ2n) is 12.5. The molecule has 0 amide bonds. The number of hydrogen-bond acceptors (Lipinski definition) is 4. The largest absolute Gasteiger partial charge is 0.456 e. The van der Waals surface area contributed by atoms with Crippen LogP contribution in [0.3, 0.4) is 0 Å². The first-order valence-electron chi connectivity index (χ1n) is 15.6. The number of hydrogen-bond donors (Lipinski definition) is 0. The van der Waals surface area contributed by atoms with E-state index in [9.17, 15) is 0 Å². The van der Waals surface area contributed by atoms with Gasteiger partial charge in [0.25, 0.3) is 0 Å². The standard InChI is InChI=1S/C42H29N3O/c1-42(2)34-19-10-9-18-31(34)32-21-23-36-37(38(32)42)33-25-29(20-22-35(33)46-36)28-16-11-17-30(24-28)41-44-39(26-12-5-3-6-13-26)43-40(45-41)27-14-7-4-8-15-27/h3-25H,1-2H3. The first-order valence-corrected chi connectivity index (χ1v) is 15.6. The third-order valence-corrected chi connectivity index (χ3v) is 9.30. The Balaban J connectivity index is 1.19. The molecule has 0 fully saturated rings. The van der Waals surface area contributed by atoms with Crippen molar-refractivity contribution in [2.45, 2.75) is 19.3 Å². The fourth-order valence-electron chi connectivity index (χ4n) is 7.10. The van der Waals surface area contributed by atoms with Gasteiger partial charge in [-0.1, -0.05) is 129 Å². The minimum atomic E-state index is -0.135. The van der Waals surface area contributed by atoms with Gasteiger partial charge < -0.3 is 4.42 Å². The van der Waals surface area contributed by atoms with Crippen molar-refractivity contribution in [3.63, 3.8) is 0 Å². The topological polar surface area (TPSA) is 51.8 Å². The van der Waals surface area contributed by atoms with E-state index in [1.54, 1.807) is 0 Å². The first-order chi connectivity index (χ1) is 22.5. The molecule has 0 saturated heterocycles. The Morgan fingerprint density at radius 1 is 0.457 bits per heavy atom. The van der Waals surface area contributed by atoms with Crippen LogP contribution in [0.4, 0.5) is 0 Å². The van der Waals surface area contributed by atoms with E-state index in [2.05, 4.69) is 92.7 Å². The lowest BCUT2D eigenvalue weighted by molar-refractivity contribution is 0.657. The molecule has 9 rings (SSSR count). The third kappa shape index (κ3) is 4.11. The maximum absolute atomic E-state index is 6.44. The van der Waals surface area contributed by atoms with E-state index in [1.807, 2.05) is 60.7 Å². The van der Waals surface area contributed by atoms with Crippen molar-refractivity contribution >= 4 is 21.9 Å². The van der Waals surface area contributed by atoms with Gasteiger partial charge in [0.15, 0.2) is 17.5 Å². The highest BCUT2D eigenvalue weighted by Gasteiger charge is 2.37. The second kappa shape index (κ2) is 10.1. The number of furan rings is 1. The predicted octanol–water partition coefficient (Wildman–Crippen LogP) is 10.7. The Labute approximate surface area is 267 Å². The van der Waals surface area contributed by atoms with E-state index in [-0.39, 0.29) is 5.41 Å². The molecule has 0 aliphatic heterocycles. The van der Waals surface area contributed by atoms with Gasteiger partial charge in [-0.05, 0) is 57.6 Å². The lowest BCUT2D eigenvalue weighted by atomic mass is 9.80. The number of fused-ring (bicyclic) bond motifs is 7. The van der Waals surface area contributed by atoms with Gasteiger partial charge in [-0.3, -0.25) is 0 Å². The summed E-state index contributed by atoms with van der Waals surface area (Å²) >= 11 is 0. The van der Waals surface area contributed by atoms with Gasteiger partial charge in [0, 0.05) is 32.9 Å². The van der Waals surface area contributed by atoms with Crippen LogP contribution in [0.25, 0.3) is 78.4 Å². The highest BCUT2D eigenvalue weighted by molar-refractivity contribution is 6.12. The van der Waals surface area contributed by atoms with Crippen LogP contribution >= 0.6 is 0 Å². The Hall–Kier alpha value is -5.87. The van der Waals surface area contributed by atoms with Crippen LogP contribution in [-0.2, 0) is 5.41 Å². The summed E-state index contributed by atoms with van der Waals surface area (Å²) in [5, 5.41) is 2.33. The van der Waals surface area contributed by atoms with Crippen molar-refractivity contribution in [1.29, 1.82) is 0 Å². The van der Waals surface area contributed by atoms with Crippen LogP contribution in [0.1, 0.15) is 25.0 Å². The summed E-state index contributed by atoms with van der Waals surface area (Å²) < 4.78 is 6.44. The molecular formula is C42H29N3O. The van der Waals surface area contributed by atoms with Gasteiger partial charge in [0.1, 0.15) is 11.2 Å². The summed E-state index contributed by atoms with van der Waals surface area (Å²) in [6, 6.07) is 48.3. The molecule has 8 aromatic rings. The zero-order valence-electron chi connectivity index (χ0n) is 25.5. The van der Waals surface area contributed by atoms with Crippen LogP contribution in [0.5, 0.6) is 0 Å². The average Bonchev–Trinajstić information content (AvgIpc) is 3.60. The summed E-state index contributed by atoms with van der Waals surface area (Å²) in [6.07, 6.45) is 0. The quantitative estimate of drug-likeness (QED) is 0.204. The Bertz CT molecular complexity index is 2380.